The molecule has 2 heteroatoms. The average Bonchev–Trinajstić information content (AvgIpc) is 2.53. The van der Waals surface area contributed by atoms with Crippen LogP contribution < -0.4 is 0 Å². The second-order valence-corrected chi connectivity index (χ2v) is 5.88. The number of aryl methyl sites for hydroxylation is 1. The molecule has 0 aliphatic heterocycles. The van der Waals surface area contributed by atoms with E-state index in [0.717, 1.165) is 17.9 Å². The highest BCUT2D eigenvalue weighted by molar-refractivity contribution is 5.84. The van der Waals surface area contributed by atoms with Crippen molar-refractivity contribution < 1.29 is 0 Å². The molecule has 0 saturated heterocycles. The van der Waals surface area contributed by atoms with Crippen LogP contribution in [-0.2, 0) is 6.42 Å². The van der Waals surface area contributed by atoms with Crippen LogP contribution in [-0.4, -0.2) is 9.97 Å². The maximum absolute atomic E-state index is 4.77. The van der Waals surface area contributed by atoms with Crippen molar-refractivity contribution in [2.24, 2.45) is 5.92 Å². The minimum Gasteiger partial charge on any atom is -0.265 e. The van der Waals surface area contributed by atoms with Gasteiger partial charge in [-0.3, -0.25) is 9.97 Å². The topological polar surface area (TPSA) is 25.8 Å². The number of pyridine rings is 2. The second-order valence-electron chi connectivity index (χ2n) is 5.88. The third kappa shape index (κ3) is 3.27. The molecule has 0 bridgehead atoms. The molecule has 0 radical (unpaired) electrons. The fourth-order valence-electron chi connectivity index (χ4n) is 2.47. The molecular formula is C19H20N2. The predicted octanol–water partition coefficient (Wildman–Crippen LogP) is 4.89. The Balaban J connectivity index is 1.91. The summed E-state index contributed by atoms with van der Waals surface area (Å²) in [7, 11) is 0. The summed E-state index contributed by atoms with van der Waals surface area (Å²) in [5, 5.41) is 1.19. The van der Waals surface area contributed by atoms with Crippen molar-refractivity contribution in [3.63, 3.8) is 0 Å². The van der Waals surface area contributed by atoms with Crippen molar-refractivity contribution >= 4 is 10.9 Å². The molecule has 21 heavy (non-hydrogen) atoms. The number of hydrogen-bond donors (Lipinski definition) is 0. The predicted molar refractivity (Wildman–Crippen MR) is 88.1 cm³/mol. The van der Waals surface area contributed by atoms with Crippen LogP contribution in [0.2, 0.25) is 0 Å². The first-order valence-electron chi connectivity index (χ1n) is 7.52. The molecular weight excluding hydrogens is 256 g/mol. The van der Waals surface area contributed by atoms with Crippen molar-refractivity contribution in [2.45, 2.75) is 26.7 Å². The van der Waals surface area contributed by atoms with Crippen molar-refractivity contribution in [1.29, 1.82) is 0 Å². The number of aromatic nitrogens is 2. The summed E-state index contributed by atoms with van der Waals surface area (Å²) in [6.07, 6.45) is 5.90. The standard InChI is InChI=1S/C19H20N2/c1-14(2)3-6-18-7-4-17-13-16(5-8-19(17)21-18)15-9-11-20-12-10-15/h4-5,7-14H,3,6H2,1-2H3. The van der Waals surface area contributed by atoms with Crippen LogP contribution in [0.3, 0.4) is 0 Å². The lowest BCUT2D eigenvalue weighted by Crippen LogP contribution is -1.95. The van der Waals surface area contributed by atoms with Crippen LogP contribution in [0.1, 0.15) is 26.0 Å². The van der Waals surface area contributed by atoms with Gasteiger partial charge in [-0.25, -0.2) is 0 Å². The Morgan fingerprint density at radius 3 is 2.48 bits per heavy atom. The summed E-state index contributed by atoms with van der Waals surface area (Å²) in [6.45, 7) is 4.50. The molecule has 0 aliphatic carbocycles. The van der Waals surface area contributed by atoms with Gasteiger partial charge in [-0.15, -0.1) is 0 Å². The molecule has 0 fully saturated rings. The molecule has 0 N–H and O–H groups in total. The fourth-order valence-corrected chi connectivity index (χ4v) is 2.47. The molecule has 106 valence electrons. The van der Waals surface area contributed by atoms with E-state index >= 15 is 0 Å². The smallest absolute Gasteiger partial charge is 0.0705 e. The monoisotopic (exact) mass is 276 g/mol. The highest BCUT2D eigenvalue weighted by atomic mass is 14.7. The van der Waals surface area contributed by atoms with Crippen molar-refractivity contribution in [3.8, 4) is 11.1 Å². The number of hydrogen-bond acceptors (Lipinski definition) is 2. The number of nitrogens with zero attached hydrogens (tertiary/aromatic N) is 2. The first-order chi connectivity index (χ1) is 10.2. The van der Waals surface area contributed by atoms with Gasteiger partial charge >= 0.3 is 0 Å². The molecule has 3 aromatic rings. The summed E-state index contributed by atoms with van der Waals surface area (Å²) in [6, 6.07) is 14.9. The van der Waals surface area contributed by atoms with Gasteiger partial charge in [-0.05, 0) is 60.2 Å². The van der Waals surface area contributed by atoms with Crippen LogP contribution in [0.15, 0.2) is 54.9 Å². The Hall–Kier alpha value is -2.22. The van der Waals surface area contributed by atoms with Crippen molar-refractivity contribution in [3.05, 3.63) is 60.6 Å². The highest BCUT2D eigenvalue weighted by Gasteiger charge is 2.03. The summed E-state index contributed by atoms with van der Waals surface area (Å²) in [5.74, 6) is 0.719. The van der Waals surface area contributed by atoms with E-state index in [9.17, 15) is 0 Å². The van der Waals surface area contributed by atoms with Crippen LogP contribution >= 0.6 is 0 Å². The van der Waals surface area contributed by atoms with Crippen LogP contribution in [0.4, 0.5) is 0 Å². The van der Waals surface area contributed by atoms with Gasteiger partial charge in [0.15, 0.2) is 0 Å². The third-order valence-corrected chi connectivity index (χ3v) is 3.74. The minimum atomic E-state index is 0.719. The molecule has 0 saturated carbocycles. The largest absolute Gasteiger partial charge is 0.265 e. The lowest BCUT2D eigenvalue weighted by molar-refractivity contribution is 0.582. The average molecular weight is 276 g/mol. The SMILES string of the molecule is CC(C)CCc1ccc2cc(-c3ccncc3)ccc2n1. The van der Waals surface area contributed by atoms with Crippen molar-refractivity contribution in [1.82, 2.24) is 9.97 Å². The summed E-state index contributed by atoms with van der Waals surface area (Å²) in [5.41, 5.74) is 4.67. The first-order valence-corrected chi connectivity index (χ1v) is 7.52. The van der Waals surface area contributed by atoms with Gasteiger partial charge in [-0.1, -0.05) is 26.0 Å². The summed E-state index contributed by atoms with van der Waals surface area (Å²) < 4.78 is 0. The molecule has 1 aromatic carbocycles. The molecule has 2 aromatic heterocycles. The van der Waals surface area contributed by atoms with Gasteiger partial charge in [0.1, 0.15) is 0 Å². The minimum absolute atomic E-state index is 0.719. The Morgan fingerprint density at radius 1 is 0.905 bits per heavy atom. The third-order valence-electron chi connectivity index (χ3n) is 3.74. The zero-order valence-electron chi connectivity index (χ0n) is 12.6. The van der Waals surface area contributed by atoms with E-state index < -0.39 is 0 Å². The number of fused-ring (bicyclic) bond motifs is 1. The van der Waals surface area contributed by atoms with E-state index in [0.29, 0.717) is 0 Å². The maximum Gasteiger partial charge on any atom is 0.0705 e. The van der Waals surface area contributed by atoms with Gasteiger partial charge in [0.2, 0.25) is 0 Å². The second kappa shape index (κ2) is 6.04. The first kappa shape index (κ1) is 13.7. The summed E-state index contributed by atoms with van der Waals surface area (Å²) >= 11 is 0. The summed E-state index contributed by atoms with van der Waals surface area (Å²) in [4.78, 5) is 8.84. The van der Waals surface area contributed by atoms with Gasteiger partial charge < -0.3 is 0 Å². The molecule has 0 amide bonds. The van der Waals surface area contributed by atoms with E-state index in [2.05, 4.69) is 49.2 Å². The lowest BCUT2D eigenvalue weighted by atomic mass is 10.0. The lowest BCUT2D eigenvalue weighted by Gasteiger charge is -2.07. The zero-order valence-corrected chi connectivity index (χ0v) is 12.6. The quantitative estimate of drug-likeness (QED) is 0.678. The number of rotatable bonds is 4. The van der Waals surface area contributed by atoms with Gasteiger partial charge in [0.05, 0.1) is 5.52 Å². The zero-order chi connectivity index (χ0) is 14.7. The molecule has 3 rings (SSSR count). The molecule has 0 aliphatic rings. The van der Waals surface area contributed by atoms with Gasteiger partial charge in [0, 0.05) is 23.5 Å². The van der Waals surface area contributed by atoms with Gasteiger partial charge in [-0.2, -0.15) is 0 Å². The van der Waals surface area contributed by atoms with Gasteiger partial charge in [0.25, 0.3) is 0 Å². The fraction of sp³-hybridized carbons (Fsp3) is 0.263. The Morgan fingerprint density at radius 2 is 1.71 bits per heavy atom. The van der Waals surface area contributed by atoms with E-state index in [1.807, 2.05) is 24.5 Å². The molecule has 0 atom stereocenters. The van der Waals surface area contributed by atoms with Crippen LogP contribution in [0.5, 0.6) is 0 Å². The van der Waals surface area contributed by atoms with E-state index in [4.69, 9.17) is 4.98 Å². The molecule has 0 unspecified atom stereocenters. The molecule has 2 nitrogen and oxygen atoms in total. The Labute approximate surface area is 125 Å². The van der Waals surface area contributed by atoms with Crippen LogP contribution in [0.25, 0.3) is 22.0 Å². The van der Waals surface area contributed by atoms with E-state index in [-0.39, 0.29) is 0 Å². The highest BCUT2D eigenvalue weighted by Crippen LogP contribution is 2.23. The Bertz CT molecular complexity index is 733. The molecule has 2 heterocycles. The van der Waals surface area contributed by atoms with E-state index in [1.165, 1.54) is 28.6 Å². The maximum atomic E-state index is 4.77. The van der Waals surface area contributed by atoms with E-state index in [1.54, 1.807) is 0 Å². The molecule has 0 spiro atoms. The van der Waals surface area contributed by atoms with Crippen molar-refractivity contribution in [2.75, 3.05) is 0 Å². The number of benzene rings is 1. The van der Waals surface area contributed by atoms with Crippen LogP contribution in [0, 0.1) is 5.92 Å². The normalized spacial score (nSPS) is 11.2. The Kier molecular flexibility index (Phi) is 3.96.